The van der Waals surface area contributed by atoms with Gasteiger partial charge in [0.05, 0.1) is 11.7 Å². The minimum absolute atomic E-state index is 0.0659. The number of epoxide rings is 1. The molecule has 0 aromatic carbocycles. The van der Waals surface area contributed by atoms with Crippen LogP contribution in [-0.4, -0.2) is 23.4 Å². The van der Waals surface area contributed by atoms with Gasteiger partial charge in [0.1, 0.15) is 6.10 Å². The van der Waals surface area contributed by atoms with E-state index in [1.165, 1.54) is 5.57 Å². The lowest BCUT2D eigenvalue weighted by Gasteiger charge is -2.18. The van der Waals surface area contributed by atoms with Crippen molar-refractivity contribution in [3.05, 3.63) is 11.6 Å². The maximum absolute atomic E-state index is 8.71. The van der Waals surface area contributed by atoms with Gasteiger partial charge in [0, 0.05) is 12.7 Å². The Morgan fingerprint density at radius 3 is 3.12 bits per heavy atom. The number of hydrogen-bond donors (Lipinski definition) is 1. The molecule has 1 saturated carbocycles. The van der Waals surface area contributed by atoms with Gasteiger partial charge in [0.25, 0.3) is 0 Å². The van der Waals surface area contributed by atoms with Crippen molar-refractivity contribution in [3.8, 4) is 6.07 Å². The van der Waals surface area contributed by atoms with Crippen molar-refractivity contribution in [2.75, 3.05) is 6.61 Å². The van der Waals surface area contributed by atoms with Gasteiger partial charge in [0.15, 0.2) is 0 Å². The molecule has 2 aliphatic rings. The van der Waals surface area contributed by atoms with E-state index < -0.39 is 0 Å². The fraction of sp³-hybridized carbons (Fsp3) is 0.769. The molecule has 3 heteroatoms. The van der Waals surface area contributed by atoms with Gasteiger partial charge < -0.3 is 9.84 Å². The standard InChI is InChI=1S/C13H19NO2/c14-9-6-11-5-4-8-13(12(11)16-13)7-2-1-3-10-15/h6,12,15H,1-5,7-8,10H2/b11-6+. The Balaban J connectivity index is 1.83. The van der Waals surface area contributed by atoms with Crippen LogP contribution in [0.5, 0.6) is 0 Å². The summed E-state index contributed by atoms with van der Waals surface area (Å²) in [4.78, 5) is 0. The molecule has 2 atom stereocenters. The molecule has 0 bridgehead atoms. The SMILES string of the molecule is N#C/C=C1\CCCC2(CCCCCO)OC12. The summed E-state index contributed by atoms with van der Waals surface area (Å²) >= 11 is 0. The van der Waals surface area contributed by atoms with Gasteiger partial charge in [-0.2, -0.15) is 5.26 Å². The van der Waals surface area contributed by atoms with Crippen molar-refractivity contribution in [2.24, 2.45) is 0 Å². The average molecular weight is 221 g/mol. The summed E-state index contributed by atoms with van der Waals surface area (Å²) in [6.45, 7) is 0.289. The second-order valence-corrected chi connectivity index (χ2v) is 4.80. The summed E-state index contributed by atoms with van der Waals surface area (Å²) < 4.78 is 5.83. The molecule has 0 radical (unpaired) electrons. The van der Waals surface area contributed by atoms with Crippen molar-refractivity contribution in [1.82, 2.24) is 0 Å². The first-order valence-corrected chi connectivity index (χ1v) is 6.20. The Kier molecular flexibility index (Phi) is 3.63. The Bertz CT molecular complexity index is 318. The zero-order valence-electron chi connectivity index (χ0n) is 9.61. The molecule has 2 fully saturated rings. The summed E-state index contributed by atoms with van der Waals surface area (Å²) in [6, 6.07) is 2.11. The third-order valence-corrected chi connectivity index (χ3v) is 3.68. The van der Waals surface area contributed by atoms with Gasteiger partial charge >= 0.3 is 0 Å². The van der Waals surface area contributed by atoms with E-state index in [0.29, 0.717) is 0 Å². The second-order valence-electron chi connectivity index (χ2n) is 4.80. The summed E-state index contributed by atoms with van der Waals surface area (Å²) in [7, 11) is 0. The van der Waals surface area contributed by atoms with Crippen LogP contribution in [0.15, 0.2) is 11.6 Å². The summed E-state index contributed by atoms with van der Waals surface area (Å²) in [5.41, 5.74) is 1.26. The first-order valence-electron chi connectivity index (χ1n) is 6.20. The van der Waals surface area contributed by atoms with Crippen molar-refractivity contribution in [3.63, 3.8) is 0 Å². The van der Waals surface area contributed by atoms with E-state index in [9.17, 15) is 0 Å². The molecule has 0 aromatic rings. The van der Waals surface area contributed by atoms with Gasteiger partial charge in [-0.15, -0.1) is 0 Å². The summed E-state index contributed by atoms with van der Waals surface area (Å²) in [5, 5.41) is 17.4. The van der Waals surface area contributed by atoms with E-state index in [0.717, 1.165) is 44.9 Å². The van der Waals surface area contributed by atoms with Crippen LogP contribution >= 0.6 is 0 Å². The highest BCUT2D eigenvalue weighted by Gasteiger charge is 2.58. The van der Waals surface area contributed by atoms with Crippen molar-refractivity contribution >= 4 is 0 Å². The summed E-state index contributed by atoms with van der Waals surface area (Å²) in [5.74, 6) is 0. The molecular weight excluding hydrogens is 202 g/mol. The monoisotopic (exact) mass is 221 g/mol. The number of hydrogen-bond acceptors (Lipinski definition) is 3. The Morgan fingerprint density at radius 1 is 1.50 bits per heavy atom. The van der Waals surface area contributed by atoms with E-state index >= 15 is 0 Å². The maximum Gasteiger partial charge on any atom is 0.109 e. The van der Waals surface area contributed by atoms with Crippen LogP contribution in [0.1, 0.15) is 44.9 Å². The normalized spacial score (nSPS) is 34.5. The van der Waals surface area contributed by atoms with Gasteiger partial charge in [-0.3, -0.25) is 0 Å². The second kappa shape index (κ2) is 4.99. The predicted molar refractivity (Wildman–Crippen MR) is 60.7 cm³/mol. The minimum Gasteiger partial charge on any atom is -0.396 e. The number of aliphatic hydroxyl groups is 1. The molecule has 2 unspecified atom stereocenters. The zero-order valence-corrected chi connectivity index (χ0v) is 9.61. The summed E-state index contributed by atoms with van der Waals surface area (Å²) in [6.07, 6.45) is 9.37. The maximum atomic E-state index is 8.71. The molecule has 88 valence electrons. The smallest absolute Gasteiger partial charge is 0.109 e. The Hall–Kier alpha value is -0.850. The number of nitrogens with zero attached hydrogens (tertiary/aromatic N) is 1. The Morgan fingerprint density at radius 2 is 2.38 bits per heavy atom. The number of allylic oxidation sites excluding steroid dienone is 1. The number of fused-ring (bicyclic) bond motifs is 1. The van der Waals surface area contributed by atoms with Crippen molar-refractivity contribution in [2.45, 2.75) is 56.7 Å². The van der Waals surface area contributed by atoms with Gasteiger partial charge in [0.2, 0.25) is 0 Å². The number of nitriles is 1. The lowest BCUT2D eigenvalue weighted by molar-refractivity contribution is 0.254. The number of ether oxygens (including phenoxy) is 1. The highest BCUT2D eigenvalue weighted by Crippen LogP contribution is 2.53. The van der Waals surface area contributed by atoms with Crippen molar-refractivity contribution in [1.29, 1.82) is 5.26 Å². The topological polar surface area (TPSA) is 56.5 Å². The molecule has 3 nitrogen and oxygen atoms in total. The molecule has 1 aliphatic heterocycles. The van der Waals surface area contributed by atoms with Crippen LogP contribution in [0.4, 0.5) is 0 Å². The molecule has 16 heavy (non-hydrogen) atoms. The molecule has 2 rings (SSSR count). The van der Waals surface area contributed by atoms with Crippen LogP contribution in [0.3, 0.4) is 0 Å². The third kappa shape index (κ3) is 2.28. The fourth-order valence-electron chi connectivity index (χ4n) is 2.79. The van der Waals surface area contributed by atoms with E-state index in [1.807, 2.05) is 0 Å². The molecule has 1 saturated heterocycles. The highest BCUT2D eigenvalue weighted by molar-refractivity contribution is 5.30. The van der Waals surface area contributed by atoms with Gasteiger partial charge in [-0.05, 0) is 37.7 Å². The number of rotatable bonds is 5. The van der Waals surface area contributed by atoms with Crippen LogP contribution < -0.4 is 0 Å². The quantitative estimate of drug-likeness (QED) is 0.440. The van der Waals surface area contributed by atoms with Crippen molar-refractivity contribution < 1.29 is 9.84 Å². The van der Waals surface area contributed by atoms with E-state index in [2.05, 4.69) is 6.07 Å². The molecule has 1 N–H and O–H groups in total. The van der Waals surface area contributed by atoms with E-state index in [1.54, 1.807) is 6.08 Å². The molecule has 0 spiro atoms. The van der Waals surface area contributed by atoms with Crippen LogP contribution in [0, 0.1) is 11.3 Å². The molecule has 0 amide bonds. The van der Waals surface area contributed by atoms with E-state index in [-0.39, 0.29) is 18.3 Å². The third-order valence-electron chi connectivity index (χ3n) is 3.68. The predicted octanol–water partition coefficient (Wildman–Crippen LogP) is 2.31. The zero-order chi connectivity index (χ0) is 11.4. The van der Waals surface area contributed by atoms with Crippen LogP contribution in [0.25, 0.3) is 0 Å². The van der Waals surface area contributed by atoms with Crippen LogP contribution in [0.2, 0.25) is 0 Å². The lowest BCUT2D eigenvalue weighted by atomic mass is 9.82. The average Bonchev–Trinajstić information content (AvgIpc) is 3.01. The molecule has 1 aliphatic carbocycles. The fourth-order valence-corrected chi connectivity index (χ4v) is 2.79. The molecular formula is C13H19NO2. The largest absolute Gasteiger partial charge is 0.396 e. The van der Waals surface area contributed by atoms with Gasteiger partial charge in [-0.25, -0.2) is 0 Å². The Labute approximate surface area is 96.7 Å². The first kappa shape index (κ1) is 11.6. The minimum atomic E-state index is 0.0659. The van der Waals surface area contributed by atoms with E-state index in [4.69, 9.17) is 15.1 Å². The first-order chi connectivity index (χ1) is 7.82. The molecule has 0 aromatic heterocycles. The highest BCUT2D eigenvalue weighted by atomic mass is 16.6. The molecule has 1 heterocycles. The van der Waals surface area contributed by atoms with Crippen LogP contribution in [-0.2, 0) is 4.74 Å². The number of unbranched alkanes of at least 4 members (excludes halogenated alkanes) is 2. The van der Waals surface area contributed by atoms with Gasteiger partial charge in [-0.1, -0.05) is 12.8 Å². The number of aliphatic hydroxyl groups excluding tert-OH is 1. The lowest BCUT2D eigenvalue weighted by Crippen LogP contribution is -2.21.